The minimum absolute atomic E-state index is 0.0854. The van der Waals surface area contributed by atoms with Gasteiger partial charge in [0.25, 0.3) is 5.91 Å². The number of benzene rings is 1. The molecular formula is C12H10Cl2N4O. The smallest absolute Gasteiger partial charge is 0.273 e. The van der Waals surface area contributed by atoms with E-state index in [-0.39, 0.29) is 18.1 Å². The largest absolute Gasteiger partial charge is 0.382 e. The van der Waals surface area contributed by atoms with Crippen LogP contribution in [0.25, 0.3) is 0 Å². The standard InChI is InChI=1S/C12H10Cl2N4O/c13-8-2-1-7(9(14)5-8)6-18-12(19)10-11(15)17-4-3-16-10/h1-5H,6H2,(H2,15,17)(H,18,19). The Labute approximate surface area is 119 Å². The SMILES string of the molecule is Nc1nccnc1C(=O)NCc1ccc(Cl)cc1Cl. The maximum atomic E-state index is 11.9. The Morgan fingerprint density at radius 1 is 1.26 bits per heavy atom. The lowest BCUT2D eigenvalue weighted by Gasteiger charge is -2.07. The van der Waals surface area contributed by atoms with Crippen molar-refractivity contribution in [1.82, 2.24) is 15.3 Å². The fraction of sp³-hybridized carbons (Fsp3) is 0.0833. The molecular weight excluding hydrogens is 287 g/mol. The maximum Gasteiger partial charge on any atom is 0.273 e. The minimum Gasteiger partial charge on any atom is -0.382 e. The van der Waals surface area contributed by atoms with Gasteiger partial charge in [0.05, 0.1) is 0 Å². The van der Waals surface area contributed by atoms with E-state index in [2.05, 4.69) is 15.3 Å². The molecule has 0 aliphatic rings. The fourth-order valence-corrected chi connectivity index (χ4v) is 1.92. The quantitative estimate of drug-likeness (QED) is 0.910. The molecule has 0 unspecified atom stereocenters. The van der Waals surface area contributed by atoms with Gasteiger partial charge in [-0.15, -0.1) is 0 Å². The Hall–Kier alpha value is -1.85. The van der Waals surface area contributed by atoms with Crippen molar-refractivity contribution in [2.24, 2.45) is 0 Å². The van der Waals surface area contributed by atoms with Crippen LogP contribution in [0.5, 0.6) is 0 Å². The summed E-state index contributed by atoms with van der Waals surface area (Å²) in [4.78, 5) is 19.5. The molecule has 1 aromatic carbocycles. The first-order valence-corrected chi connectivity index (χ1v) is 6.12. The van der Waals surface area contributed by atoms with Gasteiger partial charge in [-0.3, -0.25) is 4.79 Å². The predicted octanol–water partition coefficient (Wildman–Crippen LogP) is 2.30. The monoisotopic (exact) mass is 296 g/mol. The van der Waals surface area contributed by atoms with Crippen LogP contribution in [-0.4, -0.2) is 15.9 Å². The number of hydrogen-bond donors (Lipinski definition) is 2. The lowest BCUT2D eigenvalue weighted by atomic mass is 10.2. The number of nitrogens with two attached hydrogens (primary N) is 1. The number of rotatable bonds is 3. The molecule has 2 rings (SSSR count). The molecule has 0 aliphatic carbocycles. The molecule has 0 radical (unpaired) electrons. The number of carbonyl (C=O) groups is 1. The molecule has 0 fully saturated rings. The van der Waals surface area contributed by atoms with Gasteiger partial charge in [-0.1, -0.05) is 29.3 Å². The molecule has 0 bridgehead atoms. The molecule has 0 aliphatic heterocycles. The fourth-order valence-electron chi connectivity index (χ4n) is 1.45. The molecule has 1 heterocycles. The van der Waals surface area contributed by atoms with Crippen LogP contribution >= 0.6 is 23.2 Å². The summed E-state index contributed by atoms with van der Waals surface area (Å²) < 4.78 is 0. The van der Waals surface area contributed by atoms with E-state index in [1.165, 1.54) is 12.4 Å². The Kier molecular flexibility index (Phi) is 4.19. The molecule has 0 spiro atoms. The third-order valence-electron chi connectivity index (χ3n) is 2.40. The minimum atomic E-state index is -0.406. The van der Waals surface area contributed by atoms with Crippen LogP contribution in [0.2, 0.25) is 10.0 Å². The normalized spacial score (nSPS) is 10.2. The zero-order chi connectivity index (χ0) is 13.8. The summed E-state index contributed by atoms with van der Waals surface area (Å²) in [6.45, 7) is 0.255. The number of nitrogen functional groups attached to an aromatic ring is 1. The second-order valence-electron chi connectivity index (χ2n) is 3.71. The van der Waals surface area contributed by atoms with Crippen molar-refractivity contribution < 1.29 is 4.79 Å². The van der Waals surface area contributed by atoms with E-state index in [4.69, 9.17) is 28.9 Å². The Morgan fingerprint density at radius 2 is 2.00 bits per heavy atom. The second-order valence-corrected chi connectivity index (χ2v) is 4.55. The van der Waals surface area contributed by atoms with Crippen LogP contribution in [0.15, 0.2) is 30.6 Å². The summed E-state index contributed by atoms with van der Waals surface area (Å²) >= 11 is 11.8. The van der Waals surface area contributed by atoms with Gasteiger partial charge in [-0.25, -0.2) is 9.97 Å². The third kappa shape index (κ3) is 3.33. The Bertz CT molecular complexity index is 618. The highest BCUT2D eigenvalue weighted by Gasteiger charge is 2.12. The van der Waals surface area contributed by atoms with Crippen LogP contribution in [-0.2, 0) is 6.54 Å². The summed E-state index contributed by atoms with van der Waals surface area (Å²) in [5.41, 5.74) is 6.40. The van der Waals surface area contributed by atoms with E-state index >= 15 is 0 Å². The van der Waals surface area contributed by atoms with Crippen LogP contribution in [0.4, 0.5) is 5.82 Å². The Morgan fingerprint density at radius 3 is 2.68 bits per heavy atom. The molecule has 3 N–H and O–H groups in total. The molecule has 19 heavy (non-hydrogen) atoms. The molecule has 0 atom stereocenters. The van der Waals surface area contributed by atoms with Crippen LogP contribution < -0.4 is 11.1 Å². The van der Waals surface area contributed by atoms with Crippen molar-refractivity contribution in [2.45, 2.75) is 6.54 Å². The van der Waals surface area contributed by atoms with Crippen molar-refractivity contribution in [1.29, 1.82) is 0 Å². The van der Waals surface area contributed by atoms with Gasteiger partial charge < -0.3 is 11.1 Å². The molecule has 7 heteroatoms. The van der Waals surface area contributed by atoms with Crippen LogP contribution in [0.1, 0.15) is 16.1 Å². The zero-order valence-electron chi connectivity index (χ0n) is 9.73. The van der Waals surface area contributed by atoms with Gasteiger partial charge in [0, 0.05) is 29.0 Å². The van der Waals surface area contributed by atoms with Gasteiger partial charge in [0.1, 0.15) is 0 Å². The number of carbonyl (C=O) groups excluding carboxylic acids is 1. The maximum absolute atomic E-state index is 11.9. The highest BCUT2D eigenvalue weighted by Crippen LogP contribution is 2.20. The summed E-state index contributed by atoms with van der Waals surface area (Å²) in [5.74, 6) is -0.321. The first kappa shape index (κ1) is 13.6. The molecule has 98 valence electrons. The Balaban J connectivity index is 2.07. The van der Waals surface area contributed by atoms with Crippen molar-refractivity contribution in [2.75, 3.05) is 5.73 Å². The molecule has 2 aromatic rings. The number of nitrogens with zero attached hydrogens (tertiary/aromatic N) is 2. The molecule has 1 aromatic heterocycles. The lowest BCUT2D eigenvalue weighted by molar-refractivity contribution is 0.0946. The van der Waals surface area contributed by atoms with Gasteiger partial charge in [0.2, 0.25) is 0 Å². The molecule has 0 saturated heterocycles. The van der Waals surface area contributed by atoms with Gasteiger partial charge in [-0.05, 0) is 17.7 Å². The summed E-state index contributed by atoms with van der Waals surface area (Å²) in [6, 6.07) is 5.05. The number of hydrogen-bond acceptors (Lipinski definition) is 4. The van der Waals surface area contributed by atoms with E-state index in [0.29, 0.717) is 10.0 Å². The van der Waals surface area contributed by atoms with Gasteiger partial charge >= 0.3 is 0 Å². The zero-order valence-corrected chi connectivity index (χ0v) is 11.2. The molecule has 0 saturated carbocycles. The lowest BCUT2D eigenvalue weighted by Crippen LogP contribution is -2.25. The highest BCUT2D eigenvalue weighted by atomic mass is 35.5. The highest BCUT2D eigenvalue weighted by molar-refractivity contribution is 6.35. The summed E-state index contributed by atoms with van der Waals surface area (Å²) in [6.07, 6.45) is 2.82. The average Bonchev–Trinajstić information content (AvgIpc) is 2.38. The first-order valence-electron chi connectivity index (χ1n) is 5.36. The van der Waals surface area contributed by atoms with Crippen LogP contribution in [0.3, 0.4) is 0 Å². The molecule has 1 amide bonds. The number of anilines is 1. The second kappa shape index (κ2) is 5.86. The third-order valence-corrected chi connectivity index (χ3v) is 2.98. The first-order chi connectivity index (χ1) is 9.08. The van der Waals surface area contributed by atoms with Gasteiger partial charge in [0.15, 0.2) is 11.5 Å². The van der Waals surface area contributed by atoms with E-state index in [1.54, 1.807) is 18.2 Å². The summed E-state index contributed by atoms with van der Waals surface area (Å²) in [5, 5.41) is 3.69. The summed E-state index contributed by atoms with van der Waals surface area (Å²) in [7, 11) is 0. The molecule has 5 nitrogen and oxygen atoms in total. The van der Waals surface area contributed by atoms with Crippen molar-refractivity contribution in [3.63, 3.8) is 0 Å². The van der Waals surface area contributed by atoms with E-state index in [1.807, 2.05) is 0 Å². The van der Waals surface area contributed by atoms with Gasteiger partial charge in [-0.2, -0.15) is 0 Å². The number of halogens is 2. The van der Waals surface area contributed by atoms with Crippen molar-refractivity contribution >= 4 is 34.9 Å². The van der Waals surface area contributed by atoms with E-state index in [9.17, 15) is 4.79 Å². The van der Waals surface area contributed by atoms with Crippen molar-refractivity contribution in [3.8, 4) is 0 Å². The predicted molar refractivity (Wildman–Crippen MR) is 74.1 cm³/mol. The topological polar surface area (TPSA) is 80.9 Å². The number of amides is 1. The number of nitrogens with one attached hydrogen (secondary N) is 1. The van der Waals surface area contributed by atoms with Crippen LogP contribution in [0, 0.1) is 0 Å². The number of aromatic nitrogens is 2. The van der Waals surface area contributed by atoms with E-state index in [0.717, 1.165) is 5.56 Å². The average molecular weight is 297 g/mol. The van der Waals surface area contributed by atoms with E-state index < -0.39 is 5.91 Å². The van der Waals surface area contributed by atoms with Crippen molar-refractivity contribution in [3.05, 3.63) is 51.9 Å².